The fraction of sp³-hybridized carbons (Fsp3) is 0.172. The second-order valence-corrected chi connectivity index (χ2v) is 11.7. The number of hydrogen-bond donors (Lipinski definition) is 1. The van der Waals surface area contributed by atoms with Crippen LogP contribution < -0.4 is 10.1 Å². The van der Waals surface area contributed by atoms with E-state index in [1.807, 2.05) is 53.9 Å². The summed E-state index contributed by atoms with van der Waals surface area (Å²) in [5.74, 6) is 0.776. The van der Waals surface area contributed by atoms with Crippen molar-refractivity contribution in [2.45, 2.75) is 30.4 Å². The van der Waals surface area contributed by atoms with E-state index in [9.17, 15) is 13.2 Å². The number of amides is 1. The fourth-order valence-corrected chi connectivity index (χ4v) is 5.70. The number of carbonyl (C=O) groups is 1. The molecule has 0 bridgehead atoms. The molecule has 0 spiro atoms. The van der Waals surface area contributed by atoms with Gasteiger partial charge in [0.1, 0.15) is 5.75 Å². The summed E-state index contributed by atoms with van der Waals surface area (Å²) >= 11 is 1.34. The molecule has 0 fully saturated rings. The standard InChI is InChI=1S/C29H28N2O4S2/c1-20(2)23-9-4-22(5-10-23)19-37(33,34)26-15-6-21(7-16-26)8-17-28(32)31-29-30-27(18-36-29)24-11-13-25(35-3)14-12-24/h4-18,20H,19H2,1-3H3,(H,30,31,32). The molecule has 190 valence electrons. The van der Waals surface area contributed by atoms with E-state index in [0.717, 1.165) is 22.6 Å². The topological polar surface area (TPSA) is 85.4 Å². The number of rotatable bonds is 9. The lowest BCUT2D eigenvalue weighted by atomic mass is 10.0. The first-order valence-corrected chi connectivity index (χ1v) is 14.3. The Morgan fingerprint density at radius 2 is 1.68 bits per heavy atom. The van der Waals surface area contributed by atoms with E-state index in [4.69, 9.17) is 4.74 Å². The molecular weight excluding hydrogens is 504 g/mol. The molecule has 1 heterocycles. The summed E-state index contributed by atoms with van der Waals surface area (Å²) in [7, 11) is -1.86. The van der Waals surface area contributed by atoms with E-state index in [-0.39, 0.29) is 16.6 Å². The van der Waals surface area contributed by atoms with Crippen molar-refractivity contribution in [2.75, 3.05) is 12.4 Å². The smallest absolute Gasteiger partial charge is 0.250 e. The Hall–Kier alpha value is -3.75. The highest BCUT2D eigenvalue weighted by atomic mass is 32.2. The van der Waals surface area contributed by atoms with E-state index in [0.29, 0.717) is 16.6 Å². The molecular formula is C29H28N2O4S2. The van der Waals surface area contributed by atoms with Gasteiger partial charge in [0, 0.05) is 17.0 Å². The van der Waals surface area contributed by atoms with E-state index in [2.05, 4.69) is 24.1 Å². The average Bonchev–Trinajstić information content (AvgIpc) is 3.36. The SMILES string of the molecule is COc1ccc(-c2csc(NC(=O)C=Cc3ccc(S(=O)(=O)Cc4ccc(C(C)C)cc4)cc3)n2)cc1. The Balaban J connectivity index is 1.35. The summed E-state index contributed by atoms with van der Waals surface area (Å²) in [4.78, 5) is 17.1. The highest BCUT2D eigenvalue weighted by Crippen LogP contribution is 2.26. The third-order valence-electron chi connectivity index (χ3n) is 5.79. The summed E-state index contributed by atoms with van der Waals surface area (Å²) in [6.45, 7) is 4.20. The van der Waals surface area contributed by atoms with Crippen LogP contribution in [0, 0.1) is 0 Å². The molecule has 6 nitrogen and oxygen atoms in total. The number of nitrogens with one attached hydrogen (secondary N) is 1. The zero-order chi connectivity index (χ0) is 26.4. The van der Waals surface area contributed by atoms with Crippen LogP contribution in [0.25, 0.3) is 17.3 Å². The molecule has 0 aliphatic rings. The lowest BCUT2D eigenvalue weighted by Crippen LogP contribution is -2.07. The average molecular weight is 533 g/mol. The van der Waals surface area contributed by atoms with Gasteiger partial charge in [-0.1, -0.05) is 50.2 Å². The van der Waals surface area contributed by atoms with E-state index in [1.54, 1.807) is 37.5 Å². The Labute approximate surface area is 221 Å². The number of benzene rings is 3. The molecule has 4 aromatic rings. The summed E-state index contributed by atoms with van der Waals surface area (Å²) in [6.07, 6.45) is 3.03. The number of methoxy groups -OCH3 is 1. The maximum Gasteiger partial charge on any atom is 0.250 e. The van der Waals surface area contributed by atoms with Crippen LogP contribution >= 0.6 is 11.3 Å². The lowest BCUT2D eigenvalue weighted by molar-refractivity contribution is -0.111. The Morgan fingerprint density at radius 1 is 1.00 bits per heavy atom. The molecule has 4 rings (SSSR count). The second-order valence-electron chi connectivity index (χ2n) is 8.81. The van der Waals surface area contributed by atoms with E-state index >= 15 is 0 Å². The van der Waals surface area contributed by atoms with Crippen molar-refractivity contribution < 1.29 is 17.9 Å². The van der Waals surface area contributed by atoms with Gasteiger partial charge in [0.15, 0.2) is 15.0 Å². The van der Waals surface area contributed by atoms with Crippen LogP contribution in [0.3, 0.4) is 0 Å². The quantitative estimate of drug-likeness (QED) is 0.247. The van der Waals surface area contributed by atoms with Gasteiger partial charge >= 0.3 is 0 Å². The lowest BCUT2D eigenvalue weighted by Gasteiger charge is -2.08. The molecule has 0 atom stereocenters. The Morgan fingerprint density at radius 3 is 2.30 bits per heavy atom. The van der Waals surface area contributed by atoms with Crippen molar-refractivity contribution in [2.24, 2.45) is 0 Å². The first-order chi connectivity index (χ1) is 17.7. The fourth-order valence-electron chi connectivity index (χ4n) is 3.63. The number of anilines is 1. The molecule has 0 saturated heterocycles. The van der Waals surface area contributed by atoms with Gasteiger partial charge in [0.2, 0.25) is 5.91 Å². The van der Waals surface area contributed by atoms with Gasteiger partial charge in [0.25, 0.3) is 0 Å². The Kier molecular flexibility index (Phi) is 8.21. The number of carbonyl (C=O) groups excluding carboxylic acids is 1. The van der Waals surface area contributed by atoms with Crippen LogP contribution in [0.2, 0.25) is 0 Å². The molecule has 1 aromatic heterocycles. The van der Waals surface area contributed by atoms with Crippen molar-refractivity contribution in [3.05, 3.63) is 101 Å². The van der Waals surface area contributed by atoms with Gasteiger partial charge in [-0.2, -0.15) is 0 Å². The monoisotopic (exact) mass is 532 g/mol. The van der Waals surface area contributed by atoms with Gasteiger partial charge in [-0.05, 0) is 65.1 Å². The van der Waals surface area contributed by atoms with Crippen molar-refractivity contribution in [3.63, 3.8) is 0 Å². The van der Waals surface area contributed by atoms with Crippen LogP contribution in [0.4, 0.5) is 5.13 Å². The number of nitrogens with zero attached hydrogens (tertiary/aromatic N) is 1. The third kappa shape index (κ3) is 6.93. The second kappa shape index (κ2) is 11.5. The third-order valence-corrected chi connectivity index (χ3v) is 8.25. The van der Waals surface area contributed by atoms with Crippen molar-refractivity contribution in [1.29, 1.82) is 0 Å². The first kappa shape index (κ1) is 26.3. The van der Waals surface area contributed by atoms with Crippen LogP contribution in [0.5, 0.6) is 5.75 Å². The maximum atomic E-state index is 12.8. The largest absolute Gasteiger partial charge is 0.497 e. The number of aromatic nitrogens is 1. The zero-order valence-corrected chi connectivity index (χ0v) is 22.5. The molecule has 0 saturated carbocycles. The Bertz CT molecular complexity index is 1490. The van der Waals surface area contributed by atoms with Crippen LogP contribution in [0.1, 0.15) is 36.5 Å². The first-order valence-electron chi connectivity index (χ1n) is 11.7. The molecule has 1 amide bonds. The van der Waals surface area contributed by atoms with Gasteiger partial charge < -0.3 is 4.74 Å². The minimum absolute atomic E-state index is 0.0602. The van der Waals surface area contributed by atoms with Gasteiger partial charge in [-0.15, -0.1) is 11.3 Å². The van der Waals surface area contributed by atoms with Crippen molar-refractivity contribution in [3.8, 4) is 17.0 Å². The molecule has 37 heavy (non-hydrogen) atoms. The molecule has 0 radical (unpaired) electrons. The molecule has 0 aliphatic heterocycles. The number of ether oxygens (including phenoxy) is 1. The van der Waals surface area contributed by atoms with E-state index < -0.39 is 9.84 Å². The minimum atomic E-state index is -3.48. The van der Waals surface area contributed by atoms with Crippen LogP contribution in [0.15, 0.2) is 89.1 Å². The molecule has 0 aliphatic carbocycles. The molecule has 1 N–H and O–H groups in total. The summed E-state index contributed by atoms with van der Waals surface area (Å²) in [5.41, 5.74) is 4.33. The van der Waals surface area contributed by atoms with Crippen molar-refractivity contribution in [1.82, 2.24) is 4.98 Å². The van der Waals surface area contributed by atoms with Crippen LogP contribution in [-0.4, -0.2) is 26.4 Å². The summed E-state index contributed by atoms with van der Waals surface area (Å²) in [5, 5.41) is 5.12. The van der Waals surface area contributed by atoms with Gasteiger partial charge in [-0.25, -0.2) is 13.4 Å². The zero-order valence-electron chi connectivity index (χ0n) is 20.8. The normalized spacial score (nSPS) is 11.7. The number of sulfone groups is 1. The predicted molar refractivity (Wildman–Crippen MR) is 150 cm³/mol. The highest BCUT2D eigenvalue weighted by molar-refractivity contribution is 7.90. The summed E-state index contributed by atoms with van der Waals surface area (Å²) < 4.78 is 30.9. The molecule has 8 heteroatoms. The van der Waals surface area contributed by atoms with Crippen molar-refractivity contribution >= 4 is 38.3 Å². The number of thiazole rings is 1. The molecule has 3 aromatic carbocycles. The number of hydrogen-bond acceptors (Lipinski definition) is 6. The molecule has 0 unspecified atom stereocenters. The minimum Gasteiger partial charge on any atom is -0.497 e. The maximum absolute atomic E-state index is 12.8. The van der Waals surface area contributed by atoms with Gasteiger partial charge in [0.05, 0.1) is 23.5 Å². The van der Waals surface area contributed by atoms with E-state index in [1.165, 1.54) is 23.0 Å². The van der Waals surface area contributed by atoms with Crippen LogP contribution in [-0.2, 0) is 20.4 Å². The summed E-state index contributed by atoms with van der Waals surface area (Å²) in [6, 6.07) is 21.7. The predicted octanol–water partition coefficient (Wildman–Crippen LogP) is 6.57. The van der Waals surface area contributed by atoms with Gasteiger partial charge in [-0.3, -0.25) is 10.1 Å². The highest BCUT2D eigenvalue weighted by Gasteiger charge is 2.15.